The minimum atomic E-state index is -0.375. The third kappa shape index (κ3) is 2.63. The molecule has 1 atom stereocenters. The first-order chi connectivity index (χ1) is 7.81. The van der Waals surface area contributed by atoms with Gasteiger partial charge in [0.2, 0.25) is 0 Å². The Morgan fingerprint density at radius 3 is 2.88 bits per heavy atom. The normalized spacial score (nSPS) is 18.1. The number of aliphatic hydroxyl groups excluding tert-OH is 1. The second-order valence-corrected chi connectivity index (χ2v) is 4.62. The molecule has 1 aromatic carbocycles. The molecule has 2 nitrogen and oxygen atoms in total. The summed E-state index contributed by atoms with van der Waals surface area (Å²) in [7, 11) is 0. The van der Waals surface area contributed by atoms with Crippen molar-refractivity contribution in [1.82, 2.24) is 5.32 Å². The quantitative estimate of drug-likeness (QED) is 0.798. The average molecular weight is 219 g/mol. The molecular formula is C14H21NO. The molecule has 0 bridgehead atoms. The van der Waals surface area contributed by atoms with Crippen LogP contribution in [0.2, 0.25) is 0 Å². The van der Waals surface area contributed by atoms with E-state index in [0.29, 0.717) is 6.54 Å². The lowest BCUT2D eigenvalue weighted by Crippen LogP contribution is -2.21. The molecule has 1 saturated carbocycles. The van der Waals surface area contributed by atoms with E-state index in [4.69, 9.17) is 0 Å². The Morgan fingerprint density at radius 2 is 2.25 bits per heavy atom. The van der Waals surface area contributed by atoms with Gasteiger partial charge in [0.25, 0.3) is 0 Å². The van der Waals surface area contributed by atoms with Gasteiger partial charge in [0.05, 0.1) is 6.10 Å². The number of rotatable bonds is 5. The highest BCUT2D eigenvalue weighted by molar-refractivity contribution is 5.29. The monoisotopic (exact) mass is 219 g/mol. The Labute approximate surface area is 97.7 Å². The molecule has 2 heteroatoms. The van der Waals surface area contributed by atoms with E-state index < -0.39 is 0 Å². The van der Waals surface area contributed by atoms with Gasteiger partial charge in [-0.05, 0) is 36.4 Å². The van der Waals surface area contributed by atoms with Gasteiger partial charge in [-0.25, -0.2) is 0 Å². The topological polar surface area (TPSA) is 32.3 Å². The fourth-order valence-electron chi connectivity index (χ4n) is 2.16. The third-order valence-electron chi connectivity index (χ3n) is 3.46. The summed E-state index contributed by atoms with van der Waals surface area (Å²) in [6.07, 6.45) is 3.61. The van der Waals surface area contributed by atoms with Crippen LogP contribution in [-0.2, 0) is 0 Å². The SMILES string of the molecule is CCNCC(O)c1cccc(C2CCC2)c1. The summed E-state index contributed by atoms with van der Waals surface area (Å²) in [4.78, 5) is 0. The second kappa shape index (κ2) is 5.46. The van der Waals surface area contributed by atoms with Crippen LogP contribution in [0.3, 0.4) is 0 Å². The van der Waals surface area contributed by atoms with E-state index in [1.165, 1.54) is 24.8 Å². The minimum absolute atomic E-state index is 0.375. The van der Waals surface area contributed by atoms with Crippen molar-refractivity contribution in [3.8, 4) is 0 Å². The molecule has 0 spiro atoms. The standard InChI is InChI=1S/C14H21NO/c1-2-15-10-14(16)13-8-4-7-12(9-13)11-5-3-6-11/h4,7-9,11,14-16H,2-3,5-6,10H2,1H3. The zero-order valence-electron chi connectivity index (χ0n) is 9.95. The van der Waals surface area contributed by atoms with Crippen molar-refractivity contribution in [3.05, 3.63) is 35.4 Å². The van der Waals surface area contributed by atoms with E-state index in [9.17, 15) is 5.11 Å². The van der Waals surface area contributed by atoms with Crippen LogP contribution >= 0.6 is 0 Å². The Bertz CT molecular complexity index is 333. The Kier molecular flexibility index (Phi) is 3.97. The lowest BCUT2D eigenvalue weighted by atomic mass is 9.79. The number of nitrogens with one attached hydrogen (secondary N) is 1. The summed E-state index contributed by atoms with van der Waals surface area (Å²) in [5, 5.41) is 13.2. The summed E-state index contributed by atoms with van der Waals surface area (Å²) < 4.78 is 0. The maximum atomic E-state index is 9.99. The smallest absolute Gasteiger partial charge is 0.0914 e. The first kappa shape index (κ1) is 11.6. The van der Waals surface area contributed by atoms with Crippen LogP contribution in [0.15, 0.2) is 24.3 Å². The molecule has 0 aliphatic heterocycles. The average Bonchev–Trinajstić information content (AvgIpc) is 2.24. The molecule has 88 valence electrons. The lowest BCUT2D eigenvalue weighted by Gasteiger charge is -2.26. The summed E-state index contributed by atoms with van der Waals surface area (Å²) in [5.41, 5.74) is 2.45. The summed E-state index contributed by atoms with van der Waals surface area (Å²) in [5.74, 6) is 0.742. The van der Waals surface area contributed by atoms with Gasteiger partial charge >= 0.3 is 0 Å². The Balaban J connectivity index is 2.02. The minimum Gasteiger partial charge on any atom is -0.387 e. The largest absolute Gasteiger partial charge is 0.387 e. The fraction of sp³-hybridized carbons (Fsp3) is 0.571. The molecule has 2 N–H and O–H groups in total. The van der Waals surface area contributed by atoms with Gasteiger partial charge in [-0.15, -0.1) is 0 Å². The number of benzene rings is 1. The molecule has 1 fully saturated rings. The predicted octanol–water partition coefficient (Wildman–Crippen LogP) is 2.60. The van der Waals surface area contributed by atoms with E-state index in [0.717, 1.165) is 18.0 Å². The zero-order valence-corrected chi connectivity index (χ0v) is 9.95. The summed E-state index contributed by atoms with van der Waals surface area (Å²) in [6.45, 7) is 3.60. The maximum absolute atomic E-state index is 9.99. The van der Waals surface area contributed by atoms with Crippen molar-refractivity contribution in [2.24, 2.45) is 0 Å². The molecule has 0 amide bonds. The molecular weight excluding hydrogens is 198 g/mol. The molecule has 16 heavy (non-hydrogen) atoms. The van der Waals surface area contributed by atoms with Gasteiger partial charge in [0.15, 0.2) is 0 Å². The van der Waals surface area contributed by atoms with Gasteiger partial charge in [-0.1, -0.05) is 37.6 Å². The van der Waals surface area contributed by atoms with E-state index >= 15 is 0 Å². The highest BCUT2D eigenvalue weighted by atomic mass is 16.3. The van der Waals surface area contributed by atoms with Crippen molar-refractivity contribution < 1.29 is 5.11 Å². The van der Waals surface area contributed by atoms with Gasteiger partial charge in [-0.3, -0.25) is 0 Å². The Hall–Kier alpha value is -0.860. The highest BCUT2D eigenvalue weighted by Crippen LogP contribution is 2.36. The van der Waals surface area contributed by atoms with E-state index in [-0.39, 0.29) is 6.10 Å². The maximum Gasteiger partial charge on any atom is 0.0914 e. The molecule has 1 aromatic rings. The third-order valence-corrected chi connectivity index (χ3v) is 3.46. The molecule has 0 heterocycles. The van der Waals surface area contributed by atoms with Gasteiger partial charge < -0.3 is 10.4 Å². The molecule has 0 radical (unpaired) electrons. The van der Waals surface area contributed by atoms with E-state index in [1.807, 2.05) is 6.07 Å². The van der Waals surface area contributed by atoms with Crippen LogP contribution in [0.25, 0.3) is 0 Å². The van der Waals surface area contributed by atoms with Crippen LogP contribution in [0.1, 0.15) is 49.3 Å². The van der Waals surface area contributed by atoms with Crippen LogP contribution in [0, 0.1) is 0 Å². The molecule has 1 aliphatic rings. The molecule has 1 aliphatic carbocycles. The predicted molar refractivity (Wildman–Crippen MR) is 66.5 cm³/mol. The fourth-order valence-corrected chi connectivity index (χ4v) is 2.16. The van der Waals surface area contributed by atoms with Crippen molar-refractivity contribution in [3.63, 3.8) is 0 Å². The molecule has 0 saturated heterocycles. The van der Waals surface area contributed by atoms with E-state index in [2.05, 4.69) is 30.4 Å². The second-order valence-electron chi connectivity index (χ2n) is 4.62. The van der Waals surface area contributed by atoms with Gasteiger partial charge in [0, 0.05) is 6.54 Å². The van der Waals surface area contributed by atoms with Crippen molar-refractivity contribution in [2.45, 2.75) is 38.2 Å². The first-order valence-corrected chi connectivity index (χ1v) is 6.30. The Morgan fingerprint density at radius 1 is 1.44 bits per heavy atom. The number of hydrogen-bond acceptors (Lipinski definition) is 2. The lowest BCUT2D eigenvalue weighted by molar-refractivity contribution is 0.175. The number of likely N-dealkylation sites (N-methyl/N-ethyl adjacent to an activating group) is 1. The summed E-state index contributed by atoms with van der Waals surface area (Å²) >= 11 is 0. The van der Waals surface area contributed by atoms with Crippen LogP contribution in [0.5, 0.6) is 0 Å². The molecule has 2 rings (SSSR count). The molecule has 1 unspecified atom stereocenters. The van der Waals surface area contributed by atoms with E-state index in [1.54, 1.807) is 0 Å². The van der Waals surface area contributed by atoms with Gasteiger partial charge in [0.1, 0.15) is 0 Å². The van der Waals surface area contributed by atoms with Crippen LogP contribution < -0.4 is 5.32 Å². The van der Waals surface area contributed by atoms with Crippen molar-refractivity contribution >= 4 is 0 Å². The number of hydrogen-bond donors (Lipinski definition) is 2. The van der Waals surface area contributed by atoms with Crippen molar-refractivity contribution in [1.29, 1.82) is 0 Å². The highest BCUT2D eigenvalue weighted by Gasteiger charge is 2.20. The van der Waals surface area contributed by atoms with Gasteiger partial charge in [-0.2, -0.15) is 0 Å². The van der Waals surface area contributed by atoms with Crippen LogP contribution in [-0.4, -0.2) is 18.2 Å². The zero-order chi connectivity index (χ0) is 11.4. The van der Waals surface area contributed by atoms with Crippen LogP contribution in [0.4, 0.5) is 0 Å². The number of aliphatic hydroxyl groups is 1. The van der Waals surface area contributed by atoms with Crippen molar-refractivity contribution in [2.75, 3.05) is 13.1 Å². The first-order valence-electron chi connectivity index (χ1n) is 6.30. The summed E-state index contributed by atoms with van der Waals surface area (Å²) in [6, 6.07) is 8.45. The molecule has 0 aromatic heterocycles.